The van der Waals surface area contributed by atoms with Crippen LogP contribution in [0.3, 0.4) is 0 Å². The number of nitrogens with one attached hydrogen (secondary N) is 2. The number of halogens is 2. The second kappa shape index (κ2) is 7.81. The fourth-order valence-corrected chi connectivity index (χ4v) is 2.45. The fraction of sp³-hybridized carbons (Fsp3) is 0.0526. The van der Waals surface area contributed by atoms with Crippen LogP contribution in [0.1, 0.15) is 21.7 Å². The van der Waals surface area contributed by atoms with Crippen LogP contribution in [0, 0.1) is 24.1 Å². The first-order valence-electron chi connectivity index (χ1n) is 7.84. The molecule has 3 aromatic rings. The van der Waals surface area contributed by atoms with Gasteiger partial charge < -0.3 is 10.6 Å². The Morgan fingerprint density at radius 2 is 1.81 bits per heavy atom. The second-order valence-corrected chi connectivity index (χ2v) is 6.02. The molecule has 3 rings (SSSR count). The zero-order chi connectivity index (χ0) is 19.4. The summed E-state index contributed by atoms with van der Waals surface area (Å²) in [4.78, 5) is 20.9. The van der Waals surface area contributed by atoms with Gasteiger partial charge in [-0.1, -0.05) is 11.6 Å². The van der Waals surface area contributed by atoms with Gasteiger partial charge in [-0.25, -0.2) is 14.4 Å². The lowest BCUT2D eigenvalue weighted by Crippen LogP contribution is -2.15. The quantitative estimate of drug-likeness (QED) is 0.697. The number of amides is 1. The first-order valence-corrected chi connectivity index (χ1v) is 8.21. The highest BCUT2D eigenvalue weighted by molar-refractivity contribution is 6.31. The van der Waals surface area contributed by atoms with Crippen LogP contribution >= 0.6 is 11.6 Å². The maximum Gasteiger partial charge on any atom is 0.274 e. The average molecular weight is 382 g/mol. The van der Waals surface area contributed by atoms with Crippen LogP contribution in [0.5, 0.6) is 0 Å². The molecule has 0 aliphatic carbocycles. The number of nitrogens with zero attached hydrogens (tertiary/aromatic N) is 3. The number of nitriles is 1. The van der Waals surface area contributed by atoms with Crippen molar-refractivity contribution in [1.29, 1.82) is 5.26 Å². The topological polar surface area (TPSA) is 90.7 Å². The summed E-state index contributed by atoms with van der Waals surface area (Å²) >= 11 is 5.76. The second-order valence-electron chi connectivity index (χ2n) is 5.62. The van der Waals surface area contributed by atoms with E-state index >= 15 is 0 Å². The Bertz CT molecular complexity index is 1050. The van der Waals surface area contributed by atoms with E-state index < -0.39 is 11.7 Å². The molecule has 2 N–H and O–H groups in total. The van der Waals surface area contributed by atoms with Crippen LogP contribution < -0.4 is 10.6 Å². The number of hydrogen-bond donors (Lipinski definition) is 2. The van der Waals surface area contributed by atoms with Gasteiger partial charge in [0.2, 0.25) is 5.95 Å². The highest BCUT2D eigenvalue weighted by Crippen LogP contribution is 2.21. The Morgan fingerprint density at radius 3 is 2.48 bits per heavy atom. The Kier molecular flexibility index (Phi) is 5.29. The Labute approximate surface area is 159 Å². The minimum Gasteiger partial charge on any atom is -0.324 e. The highest BCUT2D eigenvalue weighted by atomic mass is 35.5. The molecule has 6 nitrogen and oxygen atoms in total. The van der Waals surface area contributed by atoms with Gasteiger partial charge in [-0.05, 0) is 55.5 Å². The van der Waals surface area contributed by atoms with E-state index in [4.69, 9.17) is 16.9 Å². The van der Waals surface area contributed by atoms with E-state index in [1.54, 1.807) is 37.3 Å². The summed E-state index contributed by atoms with van der Waals surface area (Å²) in [6.07, 6.45) is 0. The molecule has 0 aliphatic rings. The number of carbonyl (C=O) groups is 1. The number of anilines is 3. The van der Waals surface area contributed by atoms with Gasteiger partial charge in [-0.15, -0.1) is 0 Å². The Hall–Kier alpha value is -3.50. The zero-order valence-electron chi connectivity index (χ0n) is 14.1. The van der Waals surface area contributed by atoms with Crippen molar-refractivity contribution in [3.63, 3.8) is 0 Å². The summed E-state index contributed by atoms with van der Waals surface area (Å²) in [5.74, 6) is -0.775. The van der Waals surface area contributed by atoms with Crippen LogP contribution in [-0.4, -0.2) is 15.9 Å². The molecule has 27 heavy (non-hydrogen) atoms. The molecule has 1 aromatic heterocycles. The molecule has 0 atom stereocenters. The van der Waals surface area contributed by atoms with Gasteiger partial charge in [0.1, 0.15) is 11.5 Å². The average Bonchev–Trinajstić information content (AvgIpc) is 2.65. The van der Waals surface area contributed by atoms with Gasteiger partial charge in [-0.2, -0.15) is 5.26 Å². The van der Waals surface area contributed by atoms with Crippen molar-refractivity contribution in [2.45, 2.75) is 6.92 Å². The standard InChI is InChI=1S/C19H13ClFN5O/c1-11-8-17(18(27)24-13-4-2-12(10-22)3-5-13)26-19(23-11)25-14-6-7-16(21)15(20)9-14/h2-9H,1H3,(H,24,27)(H,23,25,26). The monoisotopic (exact) mass is 381 g/mol. The van der Waals surface area contributed by atoms with Gasteiger partial charge in [0.25, 0.3) is 5.91 Å². The maximum atomic E-state index is 13.3. The molecule has 0 saturated carbocycles. The normalized spacial score (nSPS) is 10.1. The molecule has 1 heterocycles. The summed E-state index contributed by atoms with van der Waals surface area (Å²) in [6.45, 7) is 1.73. The smallest absolute Gasteiger partial charge is 0.274 e. The van der Waals surface area contributed by atoms with E-state index in [1.807, 2.05) is 6.07 Å². The predicted molar refractivity (Wildman–Crippen MR) is 101 cm³/mol. The molecule has 8 heteroatoms. The van der Waals surface area contributed by atoms with Crippen molar-refractivity contribution in [1.82, 2.24) is 9.97 Å². The number of aromatic nitrogens is 2. The van der Waals surface area contributed by atoms with Crippen molar-refractivity contribution in [2.75, 3.05) is 10.6 Å². The highest BCUT2D eigenvalue weighted by Gasteiger charge is 2.12. The molecule has 134 valence electrons. The molecular weight excluding hydrogens is 369 g/mol. The van der Waals surface area contributed by atoms with E-state index in [0.717, 1.165) is 0 Å². The third kappa shape index (κ3) is 4.57. The van der Waals surface area contributed by atoms with Crippen molar-refractivity contribution >= 4 is 34.8 Å². The third-order valence-electron chi connectivity index (χ3n) is 3.53. The largest absolute Gasteiger partial charge is 0.324 e. The van der Waals surface area contributed by atoms with Crippen molar-refractivity contribution in [2.24, 2.45) is 0 Å². The number of carbonyl (C=O) groups excluding carboxylic acids is 1. The van der Waals surface area contributed by atoms with E-state index in [9.17, 15) is 9.18 Å². The molecule has 1 amide bonds. The van der Waals surface area contributed by atoms with Crippen LogP contribution in [0.15, 0.2) is 48.5 Å². The van der Waals surface area contributed by atoms with Crippen LogP contribution in [0.2, 0.25) is 5.02 Å². The lowest BCUT2D eigenvalue weighted by atomic mass is 10.2. The maximum absolute atomic E-state index is 13.3. The van der Waals surface area contributed by atoms with Gasteiger partial charge >= 0.3 is 0 Å². The van der Waals surface area contributed by atoms with E-state index in [2.05, 4.69) is 20.6 Å². The van der Waals surface area contributed by atoms with Crippen LogP contribution in [0.25, 0.3) is 0 Å². The molecule has 0 aliphatic heterocycles. The number of benzene rings is 2. The van der Waals surface area contributed by atoms with Gasteiger partial charge in [0, 0.05) is 17.1 Å². The Morgan fingerprint density at radius 1 is 1.11 bits per heavy atom. The molecule has 0 bridgehead atoms. The number of aryl methyl sites for hydroxylation is 1. The van der Waals surface area contributed by atoms with E-state index in [0.29, 0.717) is 22.6 Å². The summed E-state index contributed by atoms with van der Waals surface area (Å²) in [5, 5.41) is 14.4. The van der Waals surface area contributed by atoms with Gasteiger partial charge in [0.15, 0.2) is 0 Å². The van der Waals surface area contributed by atoms with Crippen LogP contribution in [0.4, 0.5) is 21.7 Å². The SMILES string of the molecule is Cc1cc(C(=O)Nc2ccc(C#N)cc2)nc(Nc2ccc(F)c(Cl)c2)n1. The number of hydrogen-bond acceptors (Lipinski definition) is 5. The van der Waals surface area contributed by atoms with E-state index in [1.165, 1.54) is 18.2 Å². The van der Waals surface area contributed by atoms with Gasteiger partial charge in [0.05, 0.1) is 16.7 Å². The van der Waals surface area contributed by atoms with Crippen molar-refractivity contribution in [3.8, 4) is 6.07 Å². The van der Waals surface area contributed by atoms with Crippen LogP contribution in [-0.2, 0) is 0 Å². The first kappa shape index (κ1) is 18.3. The summed E-state index contributed by atoms with van der Waals surface area (Å²) in [5.41, 5.74) is 2.25. The molecule has 0 unspecified atom stereocenters. The zero-order valence-corrected chi connectivity index (χ0v) is 14.9. The minimum absolute atomic E-state index is 0.0357. The predicted octanol–water partition coefficient (Wildman–Crippen LogP) is 4.45. The minimum atomic E-state index is -0.533. The first-order chi connectivity index (χ1) is 12.9. The summed E-state index contributed by atoms with van der Waals surface area (Å²) < 4.78 is 13.3. The van der Waals surface area contributed by atoms with E-state index in [-0.39, 0.29) is 16.7 Å². The molecule has 0 saturated heterocycles. The Balaban J connectivity index is 1.80. The van der Waals surface area contributed by atoms with Crippen molar-refractivity contribution in [3.05, 3.63) is 76.3 Å². The lowest BCUT2D eigenvalue weighted by molar-refractivity contribution is 0.102. The molecule has 0 spiro atoms. The number of rotatable bonds is 4. The fourth-order valence-electron chi connectivity index (χ4n) is 2.27. The molecule has 2 aromatic carbocycles. The summed E-state index contributed by atoms with van der Waals surface area (Å²) in [7, 11) is 0. The third-order valence-corrected chi connectivity index (χ3v) is 3.82. The molecule has 0 fully saturated rings. The van der Waals surface area contributed by atoms with Gasteiger partial charge in [-0.3, -0.25) is 4.79 Å². The summed E-state index contributed by atoms with van der Waals surface area (Å²) in [6, 6.07) is 14.1. The molecule has 0 radical (unpaired) electrons. The van der Waals surface area contributed by atoms with Crippen molar-refractivity contribution < 1.29 is 9.18 Å². The lowest BCUT2D eigenvalue weighted by Gasteiger charge is -2.09. The molecular formula is C19H13ClFN5O.